The SMILES string of the molecule is NCC1(N2CCC(Cc3ccccc3)CC2)CCOCC1. The van der Waals surface area contributed by atoms with Crippen molar-refractivity contribution in [2.24, 2.45) is 11.7 Å². The molecule has 0 unspecified atom stereocenters. The molecule has 116 valence electrons. The summed E-state index contributed by atoms with van der Waals surface area (Å²) >= 11 is 0. The van der Waals surface area contributed by atoms with Crippen molar-refractivity contribution in [2.45, 2.75) is 37.6 Å². The molecule has 21 heavy (non-hydrogen) atoms. The molecule has 0 spiro atoms. The Morgan fingerprint density at radius 3 is 2.38 bits per heavy atom. The molecule has 3 nitrogen and oxygen atoms in total. The molecule has 0 radical (unpaired) electrons. The van der Waals surface area contributed by atoms with Crippen LogP contribution in [0, 0.1) is 5.92 Å². The molecule has 0 aliphatic carbocycles. The Bertz CT molecular complexity index is 420. The van der Waals surface area contributed by atoms with E-state index in [0.717, 1.165) is 38.5 Å². The molecular formula is C18H28N2O. The van der Waals surface area contributed by atoms with Gasteiger partial charge in [-0.2, -0.15) is 0 Å². The minimum atomic E-state index is 0.218. The van der Waals surface area contributed by atoms with Gasteiger partial charge >= 0.3 is 0 Å². The van der Waals surface area contributed by atoms with Crippen LogP contribution in [0.1, 0.15) is 31.2 Å². The molecule has 0 amide bonds. The topological polar surface area (TPSA) is 38.5 Å². The monoisotopic (exact) mass is 288 g/mol. The highest BCUT2D eigenvalue weighted by molar-refractivity contribution is 5.15. The van der Waals surface area contributed by atoms with Gasteiger partial charge in [-0.05, 0) is 56.7 Å². The summed E-state index contributed by atoms with van der Waals surface area (Å²) < 4.78 is 5.54. The van der Waals surface area contributed by atoms with Crippen molar-refractivity contribution in [3.8, 4) is 0 Å². The van der Waals surface area contributed by atoms with E-state index >= 15 is 0 Å². The van der Waals surface area contributed by atoms with Crippen LogP contribution in [-0.4, -0.2) is 43.3 Å². The van der Waals surface area contributed by atoms with Crippen LogP contribution >= 0.6 is 0 Å². The summed E-state index contributed by atoms with van der Waals surface area (Å²) in [5.74, 6) is 0.832. The number of rotatable bonds is 4. The first-order chi connectivity index (χ1) is 10.3. The van der Waals surface area contributed by atoms with Gasteiger partial charge in [0.2, 0.25) is 0 Å². The van der Waals surface area contributed by atoms with E-state index in [1.165, 1.54) is 37.9 Å². The van der Waals surface area contributed by atoms with Crippen LogP contribution in [0.3, 0.4) is 0 Å². The normalized spacial score (nSPS) is 24.0. The predicted molar refractivity (Wildman–Crippen MR) is 86.3 cm³/mol. The molecule has 2 aliphatic rings. The second-order valence-electron chi connectivity index (χ2n) is 6.66. The van der Waals surface area contributed by atoms with Crippen molar-refractivity contribution in [3.63, 3.8) is 0 Å². The highest BCUT2D eigenvalue weighted by Crippen LogP contribution is 2.32. The number of nitrogens with zero attached hydrogens (tertiary/aromatic N) is 1. The number of benzene rings is 1. The number of hydrogen-bond donors (Lipinski definition) is 1. The molecule has 1 aromatic carbocycles. The van der Waals surface area contributed by atoms with Crippen molar-refractivity contribution in [1.29, 1.82) is 0 Å². The minimum absolute atomic E-state index is 0.218. The number of hydrogen-bond acceptors (Lipinski definition) is 3. The van der Waals surface area contributed by atoms with Gasteiger partial charge in [0.05, 0.1) is 0 Å². The van der Waals surface area contributed by atoms with Crippen LogP contribution in [0.2, 0.25) is 0 Å². The Labute approximate surface area is 128 Å². The summed E-state index contributed by atoms with van der Waals surface area (Å²) in [6.45, 7) is 4.94. The van der Waals surface area contributed by atoms with Crippen LogP contribution in [0.15, 0.2) is 30.3 Å². The number of likely N-dealkylation sites (tertiary alicyclic amines) is 1. The predicted octanol–water partition coefficient (Wildman–Crippen LogP) is 2.45. The van der Waals surface area contributed by atoms with Gasteiger partial charge < -0.3 is 10.5 Å². The second kappa shape index (κ2) is 6.91. The molecule has 2 fully saturated rings. The zero-order chi connectivity index (χ0) is 14.5. The highest BCUT2D eigenvalue weighted by atomic mass is 16.5. The fraction of sp³-hybridized carbons (Fsp3) is 0.667. The van der Waals surface area contributed by atoms with Crippen LogP contribution in [-0.2, 0) is 11.2 Å². The lowest BCUT2D eigenvalue weighted by Gasteiger charge is -2.48. The first-order valence-corrected chi connectivity index (χ1v) is 8.39. The van der Waals surface area contributed by atoms with E-state index in [2.05, 4.69) is 35.2 Å². The summed E-state index contributed by atoms with van der Waals surface area (Å²) in [5.41, 5.74) is 7.83. The molecule has 2 heterocycles. The number of nitrogens with two attached hydrogens (primary N) is 1. The standard InChI is InChI=1S/C18H28N2O/c19-15-18(8-12-21-13-9-18)20-10-6-17(7-11-20)14-16-4-2-1-3-5-16/h1-5,17H,6-15,19H2. The summed E-state index contributed by atoms with van der Waals surface area (Å²) in [6, 6.07) is 10.9. The largest absolute Gasteiger partial charge is 0.381 e. The first kappa shape index (κ1) is 15.0. The van der Waals surface area contributed by atoms with Crippen LogP contribution in [0.25, 0.3) is 0 Å². The van der Waals surface area contributed by atoms with E-state index < -0.39 is 0 Å². The highest BCUT2D eigenvalue weighted by Gasteiger charge is 2.38. The third-order valence-corrected chi connectivity index (χ3v) is 5.46. The molecule has 3 heteroatoms. The van der Waals surface area contributed by atoms with Gasteiger partial charge in [-0.15, -0.1) is 0 Å². The minimum Gasteiger partial charge on any atom is -0.381 e. The quantitative estimate of drug-likeness (QED) is 0.925. The fourth-order valence-corrected chi connectivity index (χ4v) is 3.96. The van der Waals surface area contributed by atoms with Gasteiger partial charge in [0, 0.05) is 25.3 Å². The zero-order valence-electron chi connectivity index (χ0n) is 13.0. The molecule has 0 atom stereocenters. The molecule has 3 rings (SSSR count). The summed E-state index contributed by atoms with van der Waals surface area (Å²) in [6.07, 6.45) is 6.04. The van der Waals surface area contributed by atoms with E-state index in [1.807, 2.05) is 0 Å². The Kier molecular flexibility index (Phi) is 4.94. The Balaban J connectivity index is 1.54. The van der Waals surface area contributed by atoms with Crippen molar-refractivity contribution in [2.75, 3.05) is 32.8 Å². The summed E-state index contributed by atoms with van der Waals surface area (Å²) in [5, 5.41) is 0. The van der Waals surface area contributed by atoms with Gasteiger partial charge in [-0.25, -0.2) is 0 Å². The number of piperidine rings is 1. The average molecular weight is 288 g/mol. The van der Waals surface area contributed by atoms with Crippen molar-refractivity contribution in [3.05, 3.63) is 35.9 Å². The Hall–Kier alpha value is -0.900. The van der Waals surface area contributed by atoms with Crippen molar-refractivity contribution < 1.29 is 4.74 Å². The zero-order valence-corrected chi connectivity index (χ0v) is 13.0. The lowest BCUT2D eigenvalue weighted by Crippen LogP contribution is -2.58. The maximum atomic E-state index is 6.13. The van der Waals surface area contributed by atoms with Crippen LogP contribution in [0.4, 0.5) is 0 Å². The molecular weight excluding hydrogens is 260 g/mol. The lowest BCUT2D eigenvalue weighted by molar-refractivity contribution is -0.0372. The van der Waals surface area contributed by atoms with E-state index in [0.29, 0.717) is 0 Å². The van der Waals surface area contributed by atoms with Gasteiger partial charge in [0.1, 0.15) is 0 Å². The molecule has 2 aliphatic heterocycles. The Morgan fingerprint density at radius 1 is 1.10 bits per heavy atom. The third kappa shape index (κ3) is 3.47. The smallest absolute Gasteiger partial charge is 0.0484 e. The molecule has 0 bridgehead atoms. The van der Waals surface area contributed by atoms with E-state index in [9.17, 15) is 0 Å². The van der Waals surface area contributed by atoms with Gasteiger partial charge in [-0.3, -0.25) is 4.90 Å². The first-order valence-electron chi connectivity index (χ1n) is 8.39. The van der Waals surface area contributed by atoms with Gasteiger partial charge in [0.15, 0.2) is 0 Å². The summed E-state index contributed by atoms with van der Waals surface area (Å²) in [7, 11) is 0. The van der Waals surface area contributed by atoms with Crippen molar-refractivity contribution >= 4 is 0 Å². The van der Waals surface area contributed by atoms with Crippen LogP contribution < -0.4 is 5.73 Å². The molecule has 0 aromatic heterocycles. The van der Waals surface area contributed by atoms with Gasteiger partial charge in [-0.1, -0.05) is 30.3 Å². The van der Waals surface area contributed by atoms with Gasteiger partial charge in [0.25, 0.3) is 0 Å². The molecule has 2 saturated heterocycles. The Morgan fingerprint density at radius 2 is 1.76 bits per heavy atom. The molecule has 2 N–H and O–H groups in total. The van der Waals surface area contributed by atoms with Crippen molar-refractivity contribution in [1.82, 2.24) is 4.90 Å². The third-order valence-electron chi connectivity index (χ3n) is 5.46. The fourth-order valence-electron chi connectivity index (χ4n) is 3.96. The van der Waals surface area contributed by atoms with Crippen LogP contribution in [0.5, 0.6) is 0 Å². The van der Waals surface area contributed by atoms with E-state index in [1.54, 1.807) is 0 Å². The van der Waals surface area contributed by atoms with E-state index in [-0.39, 0.29) is 5.54 Å². The maximum absolute atomic E-state index is 6.13. The molecule has 1 aromatic rings. The second-order valence-corrected chi connectivity index (χ2v) is 6.66. The number of ether oxygens (including phenoxy) is 1. The average Bonchev–Trinajstić information content (AvgIpc) is 2.57. The molecule has 0 saturated carbocycles. The lowest BCUT2D eigenvalue weighted by atomic mass is 9.83. The maximum Gasteiger partial charge on any atom is 0.0484 e. The van der Waals surface area contributed by atoms with E-state index in [4.69, 9.17) is 10.5 Å². The summed E-state index contributed by atoms with van der Waals surface area (Å²) in [4.78, 5) is 2.66.